The van der Waals surface area contributed by atoms with Crippen LogP contribution in [-0.2, 0) is 9.53 Å². The van der Waals surface area contributed by atoms with Crippen molar-refractivity contribution in [2.75, 3.05) is 31.2 Å². The lowest BCUT2D eigenvalue weighted by Crippen LogP contribution is -2.39. The Morgan fingerprint density at radius 1 is 1.12 bits per heavy atom. The first-order chi connectivity index (χ1) is 12.7. The third kappa shape index (κ3) is 3.68. The van der Waals surface area contributed by atoms with Crippen molar-refractivity contribution >= 4 is 46.0 Å². The first kappa shape index (κ1) is 18.0. The molecule has 0 spiro atoms. The standard InChI is InChI=1S/C20H24N2O2S2/c23-19-18(26-20(25)22(19)16-7-2-1-3-8-16)14-15-6-4-5-9-17(15)21-10-12-24-13-11-21/h4-6,9,14,16H,1-3,7-8,10-13H2/b18-14+. The molecule has 26 heavy (non-hydrogen) atoms. The molecular weight excluding hydrogens is 364 g/mol. The van der Waals surface area contributed by atoms with E-state index in [1.807, 2.05) is 17.0 Å². The van der Waals surface area contributed by atoms with E-state index < -0.39 is 0 Å². The number of amides is 1. The van der Waals surface area contributed by atoms with Gasteiger partial charge in [0.1, 0.15) is 4.32 Å². The Bertz CT molecular complexity index is 722. The number of thioether (sulfide) groups is 1. The number of rotatable bonds is 3. The minimum Gasteiger partial charge on any atom is -0.378 e. The van der Waals surface area contributed by atoms with Crippen molar-refractivity contribution < 1.29 is 9.53 Å². The van der Waals surface area contributed by atoms with E-state index in [0.29, 0.717) is 0 Å². The lowest BCUT2D eigenvalue weighted by Gasteiger charge is -2.30. The molecule has 138 valence electrons. The van der Waals surface area contributed by atoms with E-state index in [0.717, 1.165) is 53.9 Å². The number of benzene rings is 1. The predicted octanol–water partition coefficient (Wildman–Crippen LogP) is 4.06. The fraction of sp³-hybridized carbons (Fsp3) is 0.500. The molecule has 3 aliphatic rings. The van der Waals surface area contributed by atoms with Gasteiger partial charge in [0.15, 0.2) is 0 Å². The van der Waals surface area contributed by atoms with Crippen molar-refractivity contribution in [3.8, 4) is 0 Å². The van der Waals surface area contributed by atoms with Gasteiger partial charge in [-0.1, -0.05) is 61.4 Å². The van der Waals surface area contributed by atoms with Gasteiger partial charge in [0.05, 0.1) is 18.1 Å². The van der Waals surface area contributed by atoms with Crippen LogP contribution in [0.2, 0.25) is 0 Å². The highest BCUT2D eigenvalue weighted by Gasteiger charge is 2.37. The fourth-order valence-corrected chi connectivity index (χ4v) is 5.37. The average molecular weight is 389 g/mol. The molecule has 1 aromatic rings. The number of para-hydroxylation sites is 1. The van der Waals surface area contributed by atoms with Crippen LogP contribution < -0.4 is 4.90 Å². The molecule has 3 fully saturated rings. The summed E-state index contributed by atoms with van der Waals surface area (Å²) in [5.41, 5.74) is 2.25. The summed E-state index contributed by atoms with van der Waals surface area (Å²) in [7, 11) is 0. The summed E-state index contributed by atoms with van der Waals surface area (Å²) in [6.45, 7) is 3.26. The van der Waals surface area contributed by atoms with E-state index in [4.69, 9.17) is 17.0 Å². The minimum absolute atomic E-state index is 0.0867. The van der Waals surface area contributed by atoms with Gasteiger partial charge in [0.2, 0.25) is 0 Å². The van der Waals surface area contributed by atoms with Crippen LogP contribution >= 0.6 is 24.0 Å². The number of carbonyl (C=O) groups excluding carboxylic acids is 1. The van der Waals surface area contributed by atoms with Crippen LogP contribution in [-0.4, -0.2) is 47.5 Å². The zero-order chi connectivity index (χ0) is 17.9. The van der Waals surface area contributed by atoms with Crippen LogP contribution in [0.25, 0.3) is 6.08 Å². The molecule has 0 unspecified atom stereocenters. The van der Waals surface area contributed by atoms with Gasteiger partial charge < -0.3 is 9.64 Å². The van der Waals surface area contributed by atoms with Gasteiger partial charge in [-0.15, -0.1) is 0 Å². The number of nitrogens with zero attached hydrogens (tertiary/aromatic N) is 2. The highest BCUT2D eigenvalue weighted by Crippen LogP contribution is 2.38. The molecule has 2 heterocycles. The second-order valence-electron chi connectivity index (χ2n) is 7.00. The van der Waals surface area contributed by atoms with E-state index in [2.05, 4.69) is 23.1 Å². The topological polar surface area (TPSA) is 32.8 Å². The van der Waals surface area contributed by atoms with E-state index in [-0.39, 0.29) is 11.9 Å². The fourth-order valence-electron chi connectivity index (χ4n) is 3.98. The summed E-state index contributed by atoms with van der Waals surface area (Å²) in [5.74, 6) is 0.0867. The van der Waals surface area contributed by atoms with Gasteiger partial charge in [-0.3, -0.25) is 9.69 Å². The summed E-state index contributed by atoms with van der Waals surface area (Å²) in [4.78, 5) is 18.0. The molecule has 0 N–H and O–H groups in total. The smallest absolute Gasteiger partial charge is 0.266 e. The monoisotopic (exact) mass is 388 g/mol. The van der Waals surface area contributed by atoms with Gasteiger partial charge in [0.25, 0.3) is 5.91 Å². The van der Waals surface area contributed by atoms with Crippen molar-refractivity contribution in [2.45, 2.75) is 38.1 Å². The number of ether oxygens (including phenoxy) is 1. The normalized spacial score (nSPS) is 23.9. The molecule has 2 saturated heterocycles. The zero-order valence-corrected chi connectivity index (χ0v) is 16.5. The van der Waals surface area contributed by atoms with Crippen molar-refractivity contribution in [1.29, 1.82) is 0 Å². The molecule has 0 aromatic heterocycles. The highest BCUT2D eigenvalue weighted by molar-refractivity contribution is 8.26. The average Bonchev–Trinajstić information content (AvgIpc) is 2.97. The van der Waals surface area contributed by atoms with Crippen LogP contribution in [0, 0.1) is 0 Å². The maximum absolute atomic E-state index is 13.0. The summed E-state index contributed by atoms with van der Waals surface area (Å²) in [6, 6.07) is 8.57. The Morgan fingerprint density at radius 2 is 1.85 bits per heavy atom. The van der Waals surface area contributed by atoms with Gasteiger partial charge in [-0.2, -0.15) is 0 Å². The first-order valence-electron chi connectivity index (χ1n) is 9.43. The molecule has 4 rings (SSSR count). The lowest BCUT2D eigenvalue weighted by molar-refractivity contribution is -0.124. The molecular formula is C20H24N2O2S2. The first-order valence-corrected chi connectivity index (χ1v) is 10.7. The second kappa shape index (κ2) is 8.11. The Morgan fingerprint density at radius 3 is 2.62 bits per heavy atom. The Kier molecular flexibility index (Phi) is 5.62. The van der Waals surface area contributed by atoms with Crippen molar-refractivity contribution in [3.63, 3.8) is 0 Å². The molecule has 1 aliphatic carbocycles. The minimum atomic E-state index is 0.0867. The third-order valence-corrected chi connectivity index (χ3v) is 6.67. The SMILES string of the molecule is O=C1/C(=C\c2ccccc2N2CCOCC2)SC(=S)N1C1CCCCC1. The molecule has 6 heteroatoms. The summed E-state index contributed by atoms with van der Waals surface area (Å²) in [5, 5.41) is 0. The molecule has 2 aliphatic heterocycles. The van der Waals surface area contributed by atoms with Crippen LogP contribution in [0.15, 0.2) is 29.2 Å². The predicted molar refractivity (Wildman–Crippen MR) is 111 cm³/mol. The molecule has 1 aromatic carbocycles. The van der Waals surface area contributed by atoms with Crippen molar-refractivity contribution in [2.24, 2.45) is 0 Å². The Labute approximate surface area is 164 Å². The van der Waals surface area contributed by atoms with E-state index in [1.54, 1.807) is 0 Å². The largest absolute Gasteiger partial charge is 0.378 e. The summed E-state index contributed by atoms with van der Waals surface area (Å²) in [6.07, 6.45) is 7.83. The number of thiocarbonyl (C=S) groups is 1. The van der Waals surface area contributed by atoms with Crippen molar-refractivity contribution in [3.05, 3.63) is 34.7 Å². The van der Waals surface area contributed by atoms with E-state index >= 15 is 0 Å². The Balaban J connectivity index is 1.59. The van der Waals surface area contributed by atoms with Crippen molar-refractivity contribution in [1.82, 2.24) is 4.90 Å². The number of hydrogen-bond donors (Lipinski definition) is 0. The molecule has 0 radical (unpaired) electrons. The van der Waals surface area contributed by atoms with E-state index in [9.17, 15) is 4.79 Å². The summed E-state index contributed by atoms with van der Waals surface area (Å²) >= 11 is 7.00. The molecule has 1 amide bonds. The zero-order valence-electron chi connectivity index (χ0n) is 14.9. The lowest BCUT2D eigenvalue weighted by atomic mass is 9.94. The molecule has 0 bridgehead atoms. The number of anilines is 1. The van der Waals surface area contributed by atoms with Crippen LogP contribution in [0.3, 0.4) is 0 Å². The number of morpholine rings is 1. The van der Waals surface area contributed by atoms with Gasteiger partial charge in [-0.05, 0) is 30.5 Å². The van der Waals surface area contributed by atoms with Crippen LogP contribution in [0.4, 0.5) is 5.69 Å². The second-order valence-corrected chi connectivity index (χ2v) is 8.68. The maximum atomic E-state index is 13.0. The highest BCUT2D eigenvalue weighted by atomic mass is 32.2. The Hall–Kier alpha value is -1.37. The van der Waals surface area contributed by atoms with E-state index in [1.165, 1.54) is 36.7 Å². The molecule has 4 nitrogen and oxygen atoms in total. The van der Waals surface area contributed by atoms with Gasteiger partial charge in [-0.25, -0.2) is 0 Å². The molecule has 0 atom stereocenters. The quantitative estimate of drug-likeness (QED) is 0.576. The van der Waals surface area contributed by atoms with Crippen LogP contribution in [0.5, 0.6) is 0 Å². The number of carbonyl (C=O) groups is 1. The molecule has 1 saturated carbocycles. The summed E-state index contributed by atoms with van der Waals surface area (Å²) < 4.78 is 6.19. The third-order valence-electron chi connectivity index (χ3n) is 5.34. The van der Waals surface area contributed by atoms with Crippen LogP contribution in [0.1, 0.15) is 37.7 Å². The van der Waals surface area contributed by atoms with Gasteiger partial charge >= 0.3 is 0 Å². The van der Waals surface area contributed by atoms with Gasteiger partial charge in [0, 0.05) is 24.8 Å². The number of hydrogen-bond acceptors (Lipinski definition) is 5. The maximum Gasteiger partial charge on any atom is 0.266 e.